The molecule has 0 amide bonds. The molecule has 0 bridgehead atoms. The third-order valence-electron chi connectivity index (χ3n) is 1.49. The lowest BCUT2D eigenvalue weighted by Crippen LogP contribution is -1.93. The number of allylic oxidation sites excluding steroid dienone is 2. The monoisotopic (exact) mass is 162 g/mol. The van der Waals surface area contributed by atoms with Crippen molar-refractivity contribution in [1.82, 2.24) is 0 Å². The molecule has 0 atom stereocenters. The number of benzene rings is 1. The Morgan fingerprint density at radius 3 is 2.67 bits per heavy atom. The fraction of sp³-hybridized carbons (Fsp3) is 0.100. The number of carbonyl (C=O) groups is 1. The topological polar surface area (TPSA) is 37.3 Å². The summed E-state index contributed by atoms with van der Waals surface area (Å²) in [6.45, 7) is 1.76. The quantitative estimate of drug-likeness (QED) is 0.534. The maximum absolute atomic E-state index is 11.2. The van der Waals surface area contributed by atoms with Crippen LogP contribution in [-0.2, 0) is 0 Å². The number of phenols is 1. The first-order valence-electron chi connectivity index (χ1n) is 3.70. The molecule has 0 aliphatic carbocycles. The van der Waals surface area contributed by atoms with Crippen molar-refractivity contribution in [2.75, 3.05) is 0 Å². The van der Waals surface area contributed by atoms with Gasteiger partial charge in [-0.25, -0.2) is 0 Å². The molecule has 2 heteroatoms. The number of para-hydroxylation sites is 1. The molecule has 0 fully saturated rings. The third kappa shape index (κ3) is 1.72. The van der Waals surface area contributed by atoms with Crippen LogP contribution in [-0.4, -0.2) is 10.9 Å². The van der Waals surface area contributed by atoms with Gasteiger partial charge in [-0.2, -0.15) is 0 Å². The Labute approximate surface area is 71.2 Å². The average molecular weight is 162 g/mol. The minimum absolute atomic E-state index is 0.0283. The van der Waals surface area contributed by atoms with E-state index < -0.39 is 0 Å². The number of phenolic OH excluding ortho intramolecular Hbond substituents is 1. The minimum atomic E-state index is -0.171. The van der Waals surface area contributed by atoms with Crippen molar-refractivity contribution in [1.29, 1.82) is 0 Å². The third-order valence-corrected chi connectivity index (χ3v) is 1.49. The Balaban J connectivity index is 3.03. The fourth-order valence-electron chi connectivity index (χ4n) is 0.923. The van der Waals surface area contributed by atoms with Crippen molar-refractivity contribution in [2.24, 2.45) is 0 Å². The zero-order chi connectivity index (χ0) is 8.97. The van der Waals surface area contributed by atoms with Crippen LogP contribution in [0.5, 0.6) is 5.75 Å². The van der Waals surface area contributed by atoms with Gasteiger partial charge in [-0.3, -0.25) is 4.79 Å². The number of hydrogen-bond acceptors (Lipinski definition) is 2. The molecular weight excluding hydrogens is 152 g/mol. The summed E-state index contributed by atoms with van der Waals surface area (Å²) in [5.74, 6) is -0.142. The first-order valence-corrected chi connectivity index (χ1v) is 3.70. The molecule has 2 nitrogen and oxygen atoms in total. The molecule has 0 unspecified atom stereocenters. The molecule has 0 heterocycles. The molecular formula is C10H10O2. The van der Waals surface area contributed by atoms with E-state index in [1.54, 1.807) is 31.2 Å². The Morgan fingerprint density at radius 2 is 2.08 bits per heavy atom. The van der Waals surface area contributed by atoms with Crippen LogP contribution < -0.4 is 0 Å². The molecule has 1 aromatic carbocycles. The second-order valence-corrected chi connectivity index (χ2v) is 2.38. The summed E-state index contributed by atoms with van der Waals surface area (Å²) in [5.41, 5.74) is 0.343. The molecule has 1 N–H and O–H groups in total. The molecule has 0 spiro atoms. The lowest BCUT2D eigenvalue weighted by molar-refractivity contribution is 0.104. The molecule has 0 saturated heterocycles. The molecule has 0 aliphatic heterocycles. The van der Waals surface area contributed by atoms with Gasteiger partial charge < -0.3 is 5.11 Å². The van der Waals surface area contributed by atoms with Crippen LogP contribution in [0.1, 0.15) is 17.3 Å². The van der Waals surface area contributed by atoms with Gasteiger partial charge in [0, 0.05) is 0 Å². The SMILES string of the molecule is C/C=C/C(=O)c1ccccc1O. The summed E-state index contributed by atoms with van der Waals surface area (Å²) in [4.78, 5) is 11.2. The number of hydrogen-bond donors (Lipinski definition) is 1. The van der Waals surface area contributed by atoms with E-state index in [-0.39, 0.29) is 11.5 Å². The van der Waals surface area contributed by atoms with Crippen LogP contribution in [0.15, 0.2) is 36.4 Å². The van der Waals surface area contributed by atoms with Crippen LogP contribution in [0.4, 0.5) is 0 Å². The van der Waals surface area contributed by atoms with Crippen LogP contribution in [0.2, 0.25) is 0 Å². The summed E-state index contributed by atoms with van der Waals surface area (Å²) in [5, 5.41) is 9.25. The van der Waals surface area contributed by atoms with E-state index in [4.69, 9.17) is 0 Å². The number of aromatic hydroxyl groups is 1. The van der Waals surface area contributed by atoms with E-state index in [9.17, 15) is 9.90 Å². The van der Waals surface area contributed by atoms with E-state index in [0.29, 0.717) is 5.56 Å². The zero-order valence-electron chi connectivity index (χ0n) is 6.82. The van der Waals surface area contributed by atoms with Crippen LogP contribution in [0.3, 0.4) is 0 Å². The normalized spacial score (nSPS) is 10.4. The molecule has 62 valence electrons. The van der Waals surface area contributed by atoms with Gasteiger partial charge in [-0.15, -0.1) is 0 Å². The predicted octanol–water partition coefficient (Wildman–Crippen LogP) is 2.15. The summed E-state index contributed by atoms with van der Waals surface area (Å²) in [6.07, 6.45) is 3.07. The van der Waals surface area contributed by atoms with E-state index in [1.165, 1.54) is 12.1 Å². The van der Waals surface area contributed by atoms with Crippen molar-refractivity contribution in [3.8, 4) is 5.75 Å². The second-order valence-electron chi connectivity index (χ2n) is 2.38. The largest absolute Gasteiger partial charge is 0.507 e. The van der Waals surface area contributed by atoms with Gasteiger partial charge in [0.25, 0.3) is 0 Å². The lowest BCUT2D eigenvalue weighted by Gasteiger charge is -1.97. The minimum Gasteiger partial charge on any atom is -0.507 e. The number of rotatable bonds is 2. The highest BCUT2D eigenvalue weighted by molar-refractivity contribution is 6.06. The van der Waals surface area contributed by atoms with Crippen molar-refractivity contribution >= 4 is 5.78 Å². The van der Waals surface area contributed by atoms with Crippen LogP contribution in [0.25, 0.3) is 0 Å². The smallest absolute Gasteiger partial charge is 0.189 e. The maximum Gasteiger partial charge on any atom is 0.189 e. The van der Waals surface area contributed by atoms with E-state index in [2.05, 4.69) is 0 Å². The van der Waals surface area contributed by atoms with Gasteiger partial charge in [-0.05, 0) is 25.1 Å². The summed E-state index contributed by atoms with van der Waals surface area (Å²) < 4.78 is 0. The highest BCUT2D eigenvalue weighted by Crippen LogP contribution is 2.16. The average Bonchev–Trinajstić information content (AvgIpc) is 2.05. The van der Waals surface area contributed by atoms with Gasteiger partial charge >= 0.3 is 0 Å². The number of carbonyl (C=O) groups excluding carboxylic acids is 1. The molecule has 0 aromatic heterocycles. The zero-order valence-corrected chi connectivity index (χ0v) is 6.82. The summed E-state index contributed by atoms with van der Waals surface area (Å²) in [7, 11) is 0. The van der Waals surface area contributed by atoms with E-state index in [0.717, 1.165) is 0 Å². The standard InChI is InChI=1S/C10H10O2/c1-2-5-9(11)8-6-3-4-7-10(8)12/h2-7,12H,1H3/b5-2+. The molecule has 12 heavy (non-hydrogen) atoms. The molecule has 0 aliphatic rings. The molecule has 0 radical (unpaired) electrons. The van der Waals surface area contributed by atoms with Gasteiger partial charge in [0.1, 0.15) is 5.75 Å². The Hall–Kier alpha value is -1.57. The predicted molar refractivity (Wildman–Crippen MR) is 47.3 cm³/mol. The summed E-state index contributed by atoms with van der Waals surface area (Å²) >= 11 is 0. The first-order chi connectivity index (χ1) is 5.75. The fourth-order valence-corrected chi connectivity index (χ4v) is 0.923. The van der Waals surface area contributed by atoms with Crippen molar-refractivity contribution in [3.63, 3.8) is 0 Å². The van der Waals surface area contributed by atoms with Gasteiger partial charge in [0.15, 0.2) is 5.78 Å². The second kappa shape index (κ2) is 3.72. The maximum atomic E-state index is 11.2. The first kappa shape index (κ1) is 8.53. The van der Waals surface area contributed by atoms with E-state index >= 15 is 0 Å². The highest BCUT2D eigenvalue weighted by atomic mass is 16.3. The molecule has 1 aromatic rings. The molecule has 1 rings (SSSR count). The van der Waals surface area contributed by atoms with Crippen molar-refractivity contribution in [2.45, 2.75) is 6.92 Å². The van der Waals surface area contributed by atoms with Gasteiger partial charge in [0.2, 0.25) is 0 Å². The van der Waals surface area contributed by atoms with Crippen molar-refractivity contribution in [3.05, 3.63) is 42.0 Å². The Morgan fingerprint density at radius 1 is 1.42 bits per heavy atom. The molecule has 0 saturated carbocycles. The van der Waals surface area contributed by atoms with E-state index in [1.807, 2.05) is 0 Å². The lowest BCUT2D eigenvalue weighted by atomic mass is 10.1. The van der Waals surface area contributed by atoms with Gasteiger partial charge in [0.05, 0.1) is 5.56 Å². The van der Waals surface area contributed by atoms with Crippen LogP contribution >= 0.6 is 0 Å². The summed E-state index contributed by atoms with van der Waals surface area (Å²) in [6, 6.07) is 6.49. The van der Waals surface area contributed by atoms with Crippen molar-refractivity contribution < 1.29 is 9.90 Å². The Bertz CT molecular complexity index is 313. The van der Waals surface area contributed by atoms with Crippen LogP contribution in [0, 0.1) is 0 Å². The highest BCUT2D eigenvalue weighted by Gasteiger charge is 2.04. The Kier molecular flexibility index (Phi) is 2.64. The number of ketones is 1. The van der Waals surface area contributed by atoms with Gasteiger partial charge in [-0.1, -0.05) is 18.2 Å².